The van der Waals surface area contributed by atoms with E-state index in [9.17, 15) is 53.8 Å². The number of rotatable bonds is 6. The van der Waals surface area contributed by atoms with E-state index in [-0.39, 0.29) is 42.5 Å². The fraction of sp³-hybridized carbons (Fsp3) is 0.533. The van der Waals surface area contributed by atoms with Crippen LogP contribution in [0.15, 0.2) is 47.4 Å². The largest absolute Gasteiger partial charge is 0.435 e. The van der Waals surface area contributed by atoms with Crippen LogP contribution >= 0.6 is 0 Å². The van der Waals surface area contributed by atoms with E-state index in [2.05, 4.69) is 5.32 Å². The number of benzene rings is 2. The van der Waals surface area contributed by atoms with Gasteiger partial charge in [-0.25, -0.2) is 17.2 Å². The average molecular weight is 668 g/mol. The first-order valence-electron chi connectivity index (χ1n) is 14.3. The molecular formula is C30H29F8NO5S. The maximum absolute atomic E-state index is 15.0. The molecule has 1 unspecified atom stereocenters. The molecule has 5 rings (SSSR count). The molecule has 0 aliphatic heterocycles. The lowest BCUT2D eigenvalue weighted by atomic mass is 9.70. The lowest BCUT2D eigenvalue weighted by Crippen LogP contribution is -2.52. The Morgan fingerprint density at radius 3 is 2.07 bits per heavy atom. The zero-order chi connectivity index (χ0) is 33.2. The highest BCUT2D eigenvalue weighted by Gasteiger charge is 2.74. The van der Waals surface area contributed by atoms with Gasteiger partial charge >= 0.3 is 18.0 Å². The zero-order valence-corrected chi connectivity index (χ0v) is 24.3. The summed E-state index contributed by atoms with van der Waals surface area (Å²) in [6.07, 6.45) is -12.2. The van der Waals surface area contributed by atoms with Gasteiger partial charge in [-0.15, -0.1) is 0 Å². The van der Waals surface area contributed by atoms with Gasteiger partial charge in [-0.2, -0.15) is 26.3 Å². The Bertz CT molecular complexity index is 1550. The second-order valence-corrected chi connectivity index (χ2v) is 14.2. The fourth-order valence-corrected chi connectivity index (χ4v) is 10.1. The van der Waals surface area contributed by atoms with Crippen molar-refractivity contribution in [2.75, 3.05) is 0 Å². The number of nitrogens with one attached hydrogen (secondary N) is 1. The number of sulfone groups is 1. The summed E-state index contributed by atoms with van der Waals surface area (Å²) in [5, 5.41) is 12.7. The number of aryl methyl sites for hydroxylation is 1. The van der Waals surface area contributed by atoms with Crippen LogP contribution in [0.5, 0.6) is 0 Å². The molecule has 0 spiro atoms. The van der Waals surface area contributed by atoms with Gasteiger partial charge in [-0.1, -0.05) is 18.2 Å². The zero-order valence-electron chi connectivity index (χ0n) is 23.5. The van der Waals surface area contributed by atoms with E-state index in [1.165, 1.54) is 0 Å². The number of hydrogen-bond donors (Lipinski definition) is 2. The molecule has 0 bridgehead atoms. The molecule has 3 aliphatic carbocycles. The van der Waals surface area contributed by atoms with Crippen molar-refractivity contribution in [3.8, 4) is 0 Å². The topological polar surface area (TPSA) is 101 Å². The summed E-state index contributed by atoms with van der Waals surface area (Å²) in [5.41, 5.74) is -8.24. The Morgan fingerprint density at radius 2 is 1.51 bits per heavy atom. The summed E-state index contributed by atoms with van der Waals surface area (Å²) in [5.74, 6) is -5.16. The smallest absolute Gasteiger partial charge is 0.393 e. The highest BCUT2D eigenvalue weighted by atomic mass is 32.2. The van der Waals surface area contributed by atoms with Crippen molar-refractivity contribution < 1.29 is 58.2 Å². The lowest BCUT2D eigenvalue weighted by Gasteiger charge is -2.44. The van der Waals surface area contributed by atoms with Gasteiger partial charge < -0.3 is 15.2 Å². The number of carbonyl (C=O) groups is 2. The lowest BCUT2D eigenvalue weighted by molar-refractivity contribution is -0.348. The molecule has 3 aliphatic rings. The van der Waals surface area contributed by atoms with E-state index >= 15 is 4.39 Å². The average Bonchev–Trinajstić information content (AvgIpc) is 3.33. The van der Waals surface area contributed by atoms with Crippen LogP contribution in [-0.2, 0) is 36.3 Å². The molecule has 0 heterocycles. The number of halogens is 8. The summed E-state index contributed by atoms with van der Waals surface area (Å²) in [6, 6.07) is 4.38. The normalized spacial score (nSPS) is 29.0. The van der Waals surface area contributed by atoms with Gasteiger partial charge in [0, 0.05) is 23.4 Å². The van der Waals surface area contributed by atoms with Crippen molar-refractivity contribution in [3.63, 3.8) is 0 Å². The number of aldehydes is 1. The minimum Gasteiger partial charge on any atom is -0.393 e. The molecular weight excluding hydrogens is 638 g/mol. The summed E-state index contributed by atoms with van der Waals surface area (Å²) in [6.45, 7) is 0. The first-order valence-corrected chi connectivity index (χ1v) is 15.8. The van der Waals surface area contributed by atoms with Gasteiger partial charge in [0.15, 0.2) is 9.84 Å². The molecule has 4 atom stereocenters. The molecule has 1 amide bonds. The Labute approximate surface area is 253 Å². The maximum Gasteiger partial charge on any atom is 0.435 e. The van der Waals surface area contributed by atoms with Gasteiger partial charge in [0.25, 0.3) is 0 Å². The molecule has 0 aromatic heterocycles. The van der Waals surface area contributed by atoms with Crippen LogP contribution in [-0.4, -0.2) is 50.2 Å². The SMILES string of the molecule is O=CC1C[C@@H](C(=O)NC2CCC(O)CC2)[C@@H]2CCc3cc(C(F)(C(F)(F)F)C(F)(F)F)ccc3[C@@]12S(=O)(=O)c1ccc(F)cc1. The highest BCUT2D eigenvalue weighted by Crippen LogP contribution is 2.62. The predicted octanol–water partition coefficient (Wildman–Crippen LogP) is 5.60. The van der Waals surface area contributed by atoms with Gasteiger partial charge in [-0.3, -0.25) is 4.79 Å². The third-order valence-electron chi connectivity index (χ3n) is 9.64. The maximum atomic E-state index is 15.0. The summed E-state index contributed by atoms with van der Waals surface area (Å²) >= 11 is 0. The molecule has 2 saturated carbocycles. The minimum absolute atomic E-state index is 0.215. The van der Waals surface area contributed by atoms with Crippen LogP contribution in [0, 0.1) is 23.6 Å². The van der Waals surface area contributed by atoms with Crippen molar-refractivity contribution in [2.24, 2.45) is 17.8 Å². The molecule has 2 fully saturated rings. The Hall–Kier alpha value is -3.07. The molecule has 2 aromatic carbocycles. The van der Waals surface area contributed by atoms with Crippen LogP contribution < -0.4 is 5.32 Å². The predicted molar refractivity (Wildman–Crippen MR) is 142 cm³/mol. The molecule has 2 aromatic rings. The van der Waals surface area contributed by atoms with Crippen molar-refractivity contribution >= 4 is 22.0 Å². The fourth-order valence-electron chi connectivity index (χ4n) is 7.52. The van der Waals surface area contributed by atoms with Crippen molar-refractivity contribution in [1.82, 2.24) is 5.32 Å². The molecule has 0 saturated heterocycles. The number of aliphatic hydroxyl groups is 1. The highest BCUT2D eigenvalue weighted by molar-refractivity contribution is 7.92. The van der Waals surface area contributed by atoms with Crippen LogP contribution in [0.3, 0.4) is 0 Å². The van der Waals surface area contributed by atoms with Crippen molar-refractivity contribution in [3.05, 3.63) is 65.0 Å². The van der Waals surface area contributed by atoms with E-state index < -0.39 is 78.6 Å². The van der Waals surface area contributed by atoms with E-state index in [1.54, 1.807) is 0 Å². The first-order chi connectivity index (χ1) is 20.9. The van der Waals surface area contributed by atoms with E-state index in [4.69, 9.17) is 0 Å². The Balaban J connectivity index is 1.68. The van der Waals surface area contributed by atoms with Crippen LogP contribution in [0.2, 0.25) is 0 Å². The molecule has 45 heavy (non-hydrogen) atoms. The number of carbonyl (C=O) groups excluding carboxylic acids is 2. The molecule has 0 radical (unpaired) electrons. The number of amides is 1. The van der Waals surface area contributed by atoms with Gasteiger partial charge in [0.2, 0.25) is 5.91 Å². The first kappa shape index (κ1) is 33.3. The molecule has 15 heteroatoms. The standard InChI is InChI=1S/C30H29F8NO5S/c31-19-3-9-22(10-4-19)45(43,44)27-18(15-40)14-23(26(42)39-20-5-7-21(41)8-6-20)25(27)11-1-16-13-17(2-12-24(16)27)28(32,29(33,34)35)30(36,37)38/h2-4,9-10,12-13,15,18,20-21,23,25,41H,1,5-8,11,14H2,(H,39,42)/t18?,20?,21?,23-,25+,27+/m1/s1. The third-order valence-corrected chi connectivity index (χ3v) is 12.2. The third kappa shape index (κ3) is 5.13. The van der Waals surface area contributed by atoms with E-state index in [0.29, 0.717) is 44.1 Å². The Morgan fingerprint density at radius 1 is 0.911 bits per heavy atom. The Kier molecular flexibility index (Phi) is 8.38. The number of alkyl halides is 7. The number of aliphatic hydroxyl groups excluding tert-OH is 1. The van der Waals surface area contributed by atoms with Crippen LogP contribution in [0.1, 0.15) is 55.2 Å². The monoisotopic (exact) mass is 667 g/mol. The van der Waals surface area contributed by atoms with E-state index in [0.717, 1.165) is 24.3 Å². The molecule has 6 nitrogen and oxygen atoms in total. The van der Waals surface area contributed by atoms with Gasteiger partial charge in [0.1, 0.15) is 16.9 Å². The van der Waals surface area contributed by atoms with Crippen molar-refractivity contribution in [1.29, 1.82) is 0 Å². The molecule has 246 valence electrons. The van der Waals surface area contributed by atoms with Gasteiger partial charge in [0.05, 0.1) is 11.0 Å². The second-order valence-electron chi connectivity index (χ2n) is 12.0. The quantitative estimate of drug-likeness (QED) is 0.238. The number of fused-ring (bicyclic) bond motifs is 3. The van der Waals surface area contributed by atoms with Crippen molar-refractivity contribution in [2.45, 2.75) is 84.8 Å². The summed E-state index contributed by atoms with van der Waals surface area (Å²) in [4.78, 5) is 25.8. The molecule has 2 N–H and O–H groups in total. The van der Waals surface area contributed by atoms with Crippen LogP contribution in [0.25, 0.3) is 0 Å². The summed E-state index contributed by atoms with van der Waals surface area (Å²) in [7, 11) is -4.81. The van der Waals surface area contributed by atoms with E-state index in [1.807, 2.05) is 0 Å². The van der Waals surface area contributed by atoms with Gasteiger partial charge in [-0.05, 0) is 86.3 Å². The number of hydrogen-bond acceptors (Lipinski definition) is 5. The second kappa shape index (κ2) is 11.3. The van der Waals surface area contributed by atoms with Crippen LogP contribution in [0.4, 0.5) is 35.1 Å². The summed E-state index contributed by atoms with van der Waals surface area (Å²) < 4.78 is 137. The minimum atomic E-state index is -6.41.